The van der Waals surface area contributed by atoms with E-state index in [-0.39, 0.29) is 5.97 Å². The van der Waals surface area contributed by atoms with E-state index in [1.807, 2.05) is 12.1 Å². The second-order valence-electron chi connectivity index (χ2n) is 3.76. The lowest BCUT2D eigenvalue weighted by atomic mass is 10.0. The van der Waals surface area contributed by atoms with Crippen molar-refractivity contribution in [2.75, 3.05) is 0 Å². The summed E-state index contributed by atoms with van der Waals surface area (Å²) in [6.45, 7) is 6.02. The number of ether oxygens (including phenoxy) is 1. The number of hydrogen-bond donors (Lipinski definition) is 0. The Hall–Kier alpha value is -0.830. The number of halogens is 1. The zero-order valence-corrected chi connectivity index (χ0v) is 10.8. The van der Waals surface area contributed by atoms with Crippen LogP contribution in [-0.4, -0.2) is 5.97 Å². The Morgan fingerprint density at radius 3 is 2.67 bits per heavy atom. The van der Waals surface area contributed by atoms with Gasteiger partial charge in [0.1, 0.15) is 6.61 Å². The van der Waals surface area contributed by atoms with E-state index in [4.69, 9.17) is 4.74 Å². The summed E-state index contributed by atoms with van der Waals surface area (Å²) in [5.74, 6) is 0.202. The zero-order chi connectivity index (χ0) is 11.4. The van der Waals surface area contributed by atoms with Gasteiger partial charge in [-0.25, -0.2) is 0 Å². The molecule has 0 spiro atoms. The summed E-state index contributed by atoms with van der Waals surface area (Å²) in [6.07, 6.45) is 0. The largest absolute Gasteiger partial charge is 0.461 e. The third-order valence-corrected chi connectivity index (χ3v) is 3.13. The lowest BCUT2D eigenvalue weighted by Crippen LogP contribution is -2.01. The van der Waals surface area contributed by atoms with Gasteiger partial charge < -0.3 is 4.74 Å². The molecule has 0 fully saturated rings. The molecule has 0 heterocycles. The van der Waals surface area contributed by atoms with Crippen molar-refractivity contribution in [3.05, 3.63) is 33.8 Å². The van der Waals surface area contributed by atoms with Crippen LogP contribution in [0.4, 0.5) is 0 Å². The number of rotatable bonds is 3. The van der Waals surface area contributed by atoms with Crippen molar-refractivity contribution in [1.29, 1.82) is 0 Å². The highest BCUT2D eigenvalue weighted by atomic mass is 79.9. The van der Waals surface area contributed by atoms with Crippen LogP contribution in [0.5, 0.6) is 0 Å². The van der Waals surface area contributed by atoms with E-state index in [1.54, 1.807) is 0 Å². The molecule has 0 atom stereocenters. The second kappa shape index (κ2) is 5.31. The minimum atomic E-state index is -0.253. The SMILES string of the molecule is CC(=O)OCc1cccc(C(C)C)c1Br. The number of carbonyl (C=O) groups excluding carboxylic acids is 1. The van der Waals surface area contributed by atoms with Crippen LogP contribution in [-0.2, 0) is 16.1 Å². The molecule has 0 radical (unpaired) electrons. The third kappa shape index (κ3) is 3.34. The first-order valence-corrected chi connectivity index (χ1v) is 5.72. The molecule has 0 bridgehead atoms. The van der Waals surface area contributed by atoms with Crippen LogP contribution < -0.4 is 0 Å². The highest BCUT2D eigenvalue weighted by molar-refractivity contribution is 9.10. The standard InChI is InChI=1S/C12H15BrO2/c1-8(2)11-6-4-5-10(12(11)13)7-15-9(3)14/h4-6,8H,7H2,1-3H3. The van der Waals surface area contributed by atoms with Crippen molar-refractivity contribution < 1.29 is 9.53 Å². The maximum absolute atomic E-state index is 10.7. The molecule has 0 aliphatic rings. The minimum absolute atomic E-state index is 0.253. The van der Waals surface area contributed by atoms with Crippen molar-refractivity contribution >= 4 is 21.9 Å². The smallest absolute Gasteiger partial charge is 0.302 e. The van der Waals surface area contributed by atoms with Crippen molar-refractivity contribution in [2.24, 2.45) is 0 Å². The third-order valence-electron chi connectivity index (χ3n) is 2.16. The van der Waals surface area contributed by atoms with Gasteiger partial charge in [-0.15, -0.1) is 0 Å². The van der Waals surface area contributed by atoms with E-state index in [0.29, 0.717) is 12.5 Å². The molecule has 1 rings (SSSR count). The lowest BCUT2D eigenvalue weighted by Gasteiger charge is -2.12. The van der Waals surface area contributed by atoms with E-state index < -0.39 is 0 Å². The van der Waals surface area contributed by atoms with Crippen LogP contribution in [0.3, 0.4) is 0 Å². The lowest BCUT2D eigenvalue weighted by molar-refractivity contribution is -0.142. The van der Waals surface area contributed by atoms with Crippen LogP contribution in [0.25, 0.3) is 0 Å². The summed E-state index contributed by atoms with van der Waals surface area (Å²) in [4.78, 5) is 10.7. The monoisotopic (exact) mass is 270 g/mol. The molecule has 0 amide bonds. The first-order chi connectivity index (χ1) is 7.02. The fourth-order valence-corrected chi connectivity index (χ4v) is 2.17. The molecule has 0 N–H and O–H groups in total. The Bertz CT molecular complexity index is 359. The van der Waals surface area contributed by atoms with Crippen LogP contribution >= 0.6 is 15.9 Å². The van der Waals surface area contributed by atoms with Gasteiger partial charge in [-0.1, -0.05) is 48.0 Å². The molecule has 0 aliphatic carbocycles. The molecule has 1 aromatic rings. The van der Waals surface area contributed by atoms with Gasteiger partial charge in [-0.3, -0.25) is 4.79 Å². The Morgan fingerprint density at radius 1 is 1.47 bits per heavy atom. The summed E-state index contributed by atoms with van der Waals surface area (Å²) in [5, 5.41) is 0. The van der Waals surface area contributed by atoms with Gasteiger partial charge >= 0.3 is 5.97 Å². The Balaban J connectivity index is 2.89. The number of benzene rings is 1. The van der Waals surface area contributed by atoms with Crippen molar-refractivity contribution in [3.63, 3.8) is 0 Å². The van der Waals surface area contributed by atoms with Gasteiger partial charge in [-0.2, -0.15) is 0 Å². The fraction of sp³-hybridized carbons (Fsp3) is 0.417. The first-order valence-electron chi connectivity index (χ1n) is 4.93. The summed E-state index contributed by atoms with van der Waals surface area (Å²) in [5.41, 5.74) is 2.25. The Kier molecular flexibility index (Phi) is 4.33. The molecule has 2 nitrogen and oxygen atoms in total. The topological polar surface area (TPSA) is 26.3 Å². The van der Waals surface area contributed by atoms with E-state index in [0.717, 1.165) is 10.0 Å². The van der Waals surface area contributed by atoms with Gasteiger partial charge in [0.05, 0.1) is 0 Å². The molecule has 3 heteroatoms. The maximum Gasteiger partial charge on any atom is 0.302 e. The molecule has 82 valence electrons. The predicted octanol–water partition coefficient (Wildman–Crippen LogP) is 3.64. The Morgan fingerprint density at radius 2 is 2.13 bits per heavy atom. The van der Waals surface area contributed by atoms with Gasteiger partial charge in [0.25, 0.3) is 0 Å². The highest BCUT2D eigenvalue weighted by Gasteiger charge is 2.09. The molecule has 0 unspecified atom stereocenters. The molecule has 0 aromatic heterocycles. The Labute approximate surface area is 98.8 Å². The van der Waals surface area contributed by atoms with E-state index in [2.05, 4.69) is 35.8 Å². The normalized spacial score (nSPS) is 10.5. The average Bonchev–Trinajstić information content (AvgIpc) is 2.15. The van der Waals surface area contributed by atoms with E-state index in [1.165, 1.54) is 12.5 Å². The van der Waals surface area contributed by atoms with Gasteiger partial charge in [-0.05, 0) is 11.5 Å². The molecule has 0 saturated carbocycles. The maximum atomic E-state index is 10.7. The van der Waals surface area contributed by atoms with Crippen molar-refractivity contribution in [2.45, 2.75) is 33.3 Å². The van der Waals surface area contributed by atoms with E-state index >= 15 is 0 Å². The molecule has 0 aliphatic heterocycles. The van der Waals surface area contributed by atoms with Crippen molar-refractivity contribution in [1.82, 2.24) is 0 Å². The average molecular weight is 271 g/mol. The number of carbonyl (C=O) groups is 1. The fourth-order valence-electron chi connectivity index (χ4n) is 1.34. The van der Waals surface area contributed by atoms with Gasteiger partial charge in [0, 0.05) is 17.0 Å². The molecule has 1 aromatic carbocycles. The molecule has 15 heavy (non-hydrogen) atoms. The minimum Gasteiger partial charge on any atom is -0.461 e. The molecular weight excluding hydrogens is 256 g/mol. The number of hydrogen-bond acceptors (Lipinski definition) is 2. The first kappa shape index (κ1) is 12.2. The van der Waals surface area contributed by atoms with E-state index in [9.17, 15) is 4.79 Å². The summed E-state index contributed by atoms with van der Waals surface area (Å²) in [6, 6.07) is 6.02. The molecular formula is C12H15BrO2. The highest BCUT2D eigenvalue weighted by Crippen LogP contribution is 2.28. The summed E-state index contributed by atoms with van der Waals surface area (Å²) >= 11 is 3.54. The molecule has 0 saturated heterocycles. The summed E-state index contributed by atoms with van der Waals surface area (Å²) < 4.78 is 6.02. The second-order valence-corrected chi connectivity index (χ2v) is 4.55. The predicted molar refractivity (Wildman–Crippen MR) is 63.7 cm³/mol. The van der Waals surface area contributed by atoms with Crippen LogP contribution in [0, 0.1) is 0 Å². The quantitative estimate of drug-likeness (QED) is 0.784. The number of esters is 1. The van der Waals surface area contributed by atoms with Crippen molar-refractivity contribution in [3.8, 4) is 0 Å². The van der Waals surface area contributed by atoms with Gasteiger partial charge in [0.15, 0.2) is 0 Å². The summed E-state index contributed by atoms with van der Waals surface area (Å²) in [7, 11) is 0. The van der Waals surface area contributed by atoms with Gasteiger partial charge in [0.2, 0.25) is 0 Å². The van der Waals surface area contributed by atoms with Crippen LogP contribution in [0.15, 0.2) is 22.7 Å². The zero-order valence-electron chi connectivity index (χ0n) is 9.21. The van der Waals surface area contributed by atoms with Crippen LogP contribution in [0.2, 0.25) is 0 Å². The van der Waals surface area contributed by atoms with Crippen LogP contribution in [0.1, 0.15) is 37.8 Å².